The van der Waals surface area contributed by atoms with Gasteiger partial charge in [0.1, 0.15) is 5.75 Å². The van der Waals surface area contributed by atoms with E-state index in [0.717, 1.165) is 5.56 Å². The largest absolute Gasteiger partial charge is 0.479 e. The van der Waals surface area contributed by atoms with Crippen molar-refractivity contribution in [1.29, 1.82) is 0 Å². The van der Waals surface area contributed by atoms with Gasteiger partial charge in [-0.05, 0) is 38.5 Å². The number of ether oxygens (including phenoxy) is 2. The molecule has 1 aromatic carbocycles. The summed E-state index contributed by atoms with van der Waals surface area (Å²) in [5, 5.41) is 4.25. The number of amides is 3. The Morgan fingerprint density at radius 2 is 1.82 bits per heavy atom. The Morgan fingerprint density at radius 1 is 1.14 bits per heavy atom. The van der Waals surface area contributed by atoms with Crippen LogP contribution in [-0.2, 0) is 14.3 Å². The summed E-state index contributed by atoms with van der Waals surface area (Å²) in [7, 11) is 1.37. The van der Waals surface area contributed by atoms with Gasteiger partial charge in [0.15, 0.2) is 12.2 Å². The Bertz CT molecular complexity index is 559. The fourth-order valence-electron chi connectivity index (χ4n) is 1.54. The van der Waals surface area contributed by atoms with Gasteiger partial charge >= 0.3 is 12.0 Å². The van der Waals surface area contributed by atoms with Gasteiger partial charge in [0, 0.05) is 7.05 Å². The summed E-state index contributed by atoms with van der Waals surface area (Å²) in [5.41, 5.74) is 0.997. The fraction of sp³-hybridized carbons (Fsp3) is 0.400. The van der Waals surface area contributed by atoms with E-state index in [1.54, 1.807) is 12.1 Å². The smallest absolute Gasteiger partial charge is 0.347 e. The molecule has 0 radical (unpaired) electrons. The van der Waals surface area contributed by atoms with E-state index in [9.17, 15) is 14.4 Å². The Balaban J connectivity index is 2.53. The number of hydrogen-bond acceptors (Lipinski definition) is 5. The highest BCUT2D eigenvalue weighted by molar-refractivity contribution is 5.97. The number of urea groups is 1. The number of nitrogens with one attached hydrogen (secondary N) is 2. The van der Waals surface area contributed by atoms with Crippen LogP contribution < -0.4 is 15.4 Å². The van der Waals surface area contributed by atoms with Gasteiger partial charge < -0.3 is 14.8 Å². The zero-order chi connectivity index (χ0) is 16.7. The molecule has 0 saturated carbocycles. The van der Waals surface area contributed by atoms with Crippen LogP contribution in [0.5, 0.6) is 5.75 Å². The predicted molar refractivity (Wildman–Crippen MR) is 79.4 cm³/mol. The first kappa shape index (κ1) is 17.5. The lowest BCUT2D eigenvalue weighted by Crippen LogP contribution is -2.44. The number of rotatable bonds is 5. The van der Waals surface area contributed by atoms with Crippen molar-refractivity contribution in [1.82, 2.24) is 10.6 Å². The minimum atomic E-state index is -1.10. The molecule has 2 N–H and O–H groups in total. The lowest BCUT2D eigenvalue weighted by molar-refractivity contribution is -0.160. The molecule has 7 heteroatoms. The number of imide groups is 1. The van der Waals surface area contributed by atoms with Crippen LogP contribution in [0.15, 0.2) is 24.3 Å². The Kier molecular flexibility index (Phi) is 6.37. The van der Waals surface area contributed by atoms with E-state index in [0.29, 0.717) is 5.75 Å². The topological polar surface area (TPSA) is 93.7 Å². The third-order valence-electron chi connectivity index (χ3n) is 2.76. The molecular weight excluding hydrogens is 288 g/mol. The van der Waals surface area contributed by atoms with Crippen molar-refractivity contribution < 1.29 is 23.9 Å². The van der Waals surface area contributed by atoms with Crippen LogP contribution >= 0.6 is 0 Å². The van der Waals surface area contributed by atoms with Crippen molar-refractivity contribution in [3.05, 3.63) is 29.8 Å². The van der Waals surface area contributed by atoms with Gasteiger partial charge in [0.2, 0.25) is 0 Å². The molecule has 120 valence electrons. The Morgan fingerprint density at radius 3 is 2.41 bits per heavy atom. The molecule has 0 aliphatic heterocycles. The summed E-state index contributed by atoms with van der Waals surface area (Å²) < 4.78 is 10.4. The number of hydrogen-bond donors (Lipinski definition) is 2. The molecule has 1 rings (SSSR count). The maximum atomic E-state index is 11.9. The fourth-order valence-corrected chi connectivity index (χ4v) is 1.54. The Labute approximate surface area is 129 Å². The molecule has 0 fully saturated rings. The van der Waals surface area contributed by atoms with E-state index in [-0.39, 0.29) is 0 Å². The molecule has 3 amide bonds. The summed E-state index contributed by atoms with van der Waals surface area (Å²) >= 11 is 0. The first-order chi connectivity index (χ1) is 10.3. The quantitative estimate of drug-likeness (QED) is 0.796. The molecule has 0 heterocycles. The third-order valence-corrected chi connectivity index (χ3v) is 2.76. The van der Waals surface area contributed by atoms with Crippen molar-refractivity contribution in [2.24, 2.45) is 0 Å². The molecule has 7 nitrogen and oxygen atoms in total. The second-order valence-corrected chi connectivity index (χ2v) is 4.72. The van der Waals surface area contributed by atoms with Gasteiger partial charge in [-0.1, -0.05) is 12.1 Å². The van der Waals surface area contributed by atoms with E-state index in [1.807, 2.05) is 24.4 Å². The lowest BCUT2D eigenvalue weighted by atomic mass is 10.2. The van der Waals surface area contributed by atoms with Gasteiger partial charge in [-0.15, -0.1) is 0 Å². The molecule has 22 heavy (non-hydrogen) atoms. The normalized spacial score (nSPS) is 12.7. The highest BCUT2D eigenvalue weighted by Gasteiger charge is 2.24. The van der Waals surface area contributed by atoms with Gasteiger partial charge in [-0.25, -0.2) is 9.59 Å². The van der Waals surface area contributed by atoms with E-state index in [2.05, 4.69) is 5.32 Å². The summed E-state index contributed by atoms with van der Waals surface area (Å²) in [6.07, 6.45) is -1.98. The van der Waals surface area contributed by atoms with Crippen molar-refractivity contribution in [3.8, 4) is 5.75 Å². The van der Waals surface area contributed by atoms with Crippen LogP contribution in [0.4, 0.5) is 4.79 Å². The molecule has 0 unspecified atom stereocenters. The van der Waals surface area contributed by atoms with E-state index in [4.69, 9.17) is 9.47 Å². The van der Waals surface area contributed by atoms with Crippen LogP contribution in [0, 0.1) is 6.92 Å². The van der Waals surface area contributed by atoms with E-state index < -0.39 is 30.1 Å². The molecule has 0 bridgehead atoms. The van der Waals surface area contributed by atoms with E-state index >= 15 is 0 Å². The minimum Gasteiger partial charge on any atom is -0.479 e. The van der Waals surface area contributed by atoms with Crippen LogP contribution in [0.3, 0.4) is 0 Å². The van der Waals surface area contributed by atoms with Gasteiger partial charge in [-0.3, -0.25) is 10.1 Å². The van der Waals surface area contributed by atoms with Crippen molar-refractivity contribution in [3.63, 3.8) is 0 Å². The van der Waals surface area contributed by atoms with Gasteiger partial charge in [-0.2, -0.15) is 0 Å². The maximum absolute atomic E-state index is 11.9. The third kappa shape index (κ3) is 5.43. The standard InChI is InChI=1S/C15H20N2O5/c1-9-6-5-7-12(8-9)21-11(3)14(19)22-10(2)13(18)17-15(20)16-4/h5-8,10-11H,1-4H3,(H2,16,17,18,20)/t10-,11+/m1/s1. The van der Waals surface area contributed by atoms with Crippen LogP contribution in [0.1, 0.15) is 19.4 Å². The predicted octanol–water partition coefficient (Wildman–Crippen LogP) is 1.15. The van der Waals surface area contributed by atoms with Crippen LogP contribution in [0.2, 0.25) is 0 Å². The van der Waals surface area contributed by atoms with Gasteiger partial charge in [0.25, 0.3) is 5.91 Å². The number of carbonyl (C=O) groups is 3. The summed E-state index contributed by atoms with van der Waals surface area (Å²) in [6, 6.07) is 6.55. The van der Waals surface area contributed by atoms with Crippen LogP contribution in [0.25, 0.3) is 0 Å². The monoisotopic (exact) mass is 308 g/mol. The van der Waals surface area contributed by atoms with Crippen molar-refractivity contribution >= 4 is 17.9 Å². The summed E-state index contributed by atoms with van der Waals surface area (Å²) in [4.78, 5) is 34.5. The molecular formula is C15H20N2O5. The molecule has 1 aromatic rings. The van der Waals surface area contributed by atoms with E-state index in [1.165, 1.54) is 20.9 Å². The second kappa shape index (κ2) is 8.02. The minimum absolute atomic E-state index is 0.534. The number of esters is 1. The average Bonchev–Trinajstić information content (AvgIpc) is 2.46. The van der Waals surface area contributed by atoms with Gasteiger partial charge in [0.05, 0.1) is 0 Å². The highest BCUT2D eigenvalue weighted by atomic mass is 16.6. The zero-order valence-corrected chi connectivity index (χ0v) is 13.0. The zero-order valence-electron chi connectivity index (χ0n) is 13.0. The lowest BCUT2D eigenvalue weighted by Gasteiger charge is -2.17. The first-order valence-corrected chi connectivity index (χ1v) is 6.80. The first-order valence-electron chi connectivity index (χ1n) is 6.80. The molecule has 0 aliphatic carbocycles. The number of carbonyl (C=O) groups excluding carboxylic acids is 3. The molecule has 0 spiro atoms. The maximum Gasteiger partial charge on any atom is 0.347 e. The summed E-state index contributed by atoms with van der Waals surface area (Å²) in [6.45, 7) is 4.80. The second-order valence-electron chi connectivity index (χ2n) is 4.72. The Hall–Kier alpha value is -2.57. The number of aryl methyl sites for hydroxylation is 1. The molecule has 0 aromatic heterocycles. The SMILES string of the molecule is CNC(=O)NC(=O)[C@@H](C)OC(=O)[C@H](C)Oc1cccc(C)c1. The van der Waals surface area contributed by atoms with Crippen molar-refractivity contribution in [2.75, 3.05) is 7.05 Å². The summed E-state index contributed by atoms with van der Waals surface area (Å²) in [5.74, 6) is -0.872. The highest BCUT2D eigenvalue weighted by Crippen LogP contribution is 2.14. The van der Waals surface area contributed by atoms with Crippen molar-refractivity contribution in [2.45, 2.75) is 33.0 Å². The molecule has 0 saturated heterocycles. The average molecular weight is 308 g/mol. The number of benzene rings is 1. The van der Waals surface area contributed by atoms with Crippen LogP contribution in [-0.4, -0.2) is 37.2 Å². The molecule has 0 aliphatic rings. The molecule has 2 atom stereocenters.